The number of amides is 2. The molecule has 1 N–H and O–H groups in total. The van der Waals surface area contributed by atoms with Crippen LogP contribution in [0.1, 0.15) is 45.2 Å². The van der Waals surface area contributed by atoms with Gasteiger partial charge in [0, 0.05) is 74.3 Å². The van der Waals surface area contributed by atoms with Gasteiger partial charge in [0.05, 0.1) is 11.3 Å². The van der Waals surface area contributed by atoms with E-state index < -0.39 is 0 Å². The zero-order valence-corrected chi connectivity index (χ0v) is 25.2. The van der Waals surface area contributed by atoms with Gasteiger partial charge in [0.25, 0.3) is 11.8 Å². The van der Waals surface area contributed by atoms with Crippen LogP contribution in [0.5, 0.6) is 0 Å². The fourth-order valence-electron chi connectivity index (χ4n) is 6.10. The van der Waals surface area contributed by atoms with Crippen LogP contribution >= 0.6 is 11.9 Å². The number of carbonyl (C=O) groups excluding carboxylic acids is 2. The molecule has 43 heavy (non-hydrogen) atoms. The van der Waals surface area contributed by atoms with E-state index in [1.54, 1.807) is 43.3 Å². The summed E-state index contributed by atoms with van der Waals surface area (Å²) < 4.78 is 37.7. The molecule has 1 fully saturated rings. The summed E-state index contributed by atoms with van der Waals surface area (Å²) in [6, 6.07) is 16.1. The number of carbonyl (C=O) groups is 2. The third kappa shape index (κ3) is 5.14. The van der Waals surface area contributed by atoms with Gasteiger partial charge in [0.1, 0.15) is 28.7 Å². The number of furan rings is 1. The molecular formula is C33H32F2N4O3S. The minimum absolute atomic E-state index is 0.000498. The van der Waals surface area contributed by atoms with Crippen molar-refractivity contribution >= 4 is 51.3 Å². The van der Waals surface area contributed by atoms with E-state index in [4.69, 9.17) is 4.42 Å². The van der Waals surface area contributed by atoms with Gasteiger partial charge in [0.15, 0.2) is 0 Å². The summed E-state index contributed by atoms with van der Waals surface area (Å²) in [7, 11) is 5.36. The highest BCUT2D eigenvalue weighted by atomic mass is 32.2. The monoisotopic (exact) mass is 602 g/mol. The first-order valence-corrected chi connectivity index (χ1v) is 15.3. The Morgan fingerprint density at radius 2 is 1.79 bits per heavy atom. The van der Waals surface area contributed by atoms with Crippen molar-refractivity contribution in [3.05, 3.63) is 89.1 Å². The van der Waals surface area contributed by atoms with E-state index in [2.05, 4.69) is 5.32 Å². The highest BCUT2D eigenvalue weighted by molar-refractivity contribution is 7.99. The molecule has 3 aromatic carbocycles. The molecule has 2 amide bonds. The van der Waals surface area contributed by atoms with E-state index in [-0.39, 0.29) is 29.4 Å². The van der Waals surface area contributed by atoms with Crippen LogP contribution in [0.2, 0.25) is 0 Å². The molecule has 222 valence electrons. The van der Waals surface area contributed by atoms with Crippen molar-refractivity contribution in [3.8, 4) is 11.3 Å². The van der Waals surface area contributed by atoms with Crippen LogP contribution in [0.4, 0.5) is 14.5 Å². The number of nitrogens with zero attached hydrogens (tertiary/aromatic N) is 3. The Bertz CT molecular complexity index is 1860. The first-order valence-electron chi connectivity index (χ1n) is 14.1. The second kappa shape index (κ2) is 11.4. The summed E-state index contributed by atoms with van der Waals surface area (Å²) in [6.45, 7) is 1.11. The smallest absolute Gasteiger partial charge is 0.270 e. The van der Waals surface area contributed by atoms with Crippen LogP contribution in [0, 0.1) is 11.6 Å². The predicted molar refractivity (Wildman–Crippen MR) is 168 cm³/mol. The molecule has 3 heterocycles. The number of anilines is 1. The molecule has 1 atom stereocenters. The van der Waals surface area contributed by atoms with Crippen molar-refractivity contribution in [1.82, 2.24) is 14.8 Å². The van der Waals surface area contributed by atoms with E-state index in [0.717, 1.165) is 29.6 Å². The second-order valence-electron chi connectivity index (χ2n) is 10.9. The Balaban J connectivity index is 1.42. The molecule has 0 radical (unpaired) electrons. The topological polar surface area (TPSA) is 70.7 Å². The fourth-order valence-corrected chi connectivity index (χ4v) is 6.46. The maximum absolute atomic E-state index is 13.9. The zero-order valence-electron chi connectivity index (χ0n) is 24.4. The standard InChI is InChI=1S/C33H32F2N4O3S/c1-36-32(40)30-25-16-24(27(38(3)43-4)17-29(25)42-31(30)19-7-9-22(34)10-8-19)20-6-5-13-39(18-20)33(41)28-15-21-14-23(35)11-12-26(21)37(28)2/h7-12,14-17,20H,5-6,13,18H2,1-4H3,(H,36,40)/t20-/m0/s1. The maximum Gasteiger partial charge on any atom is 0.270 e. The van der Waals surface area contributed by atoms with Crippen LogP contribution in [0.3, 0.4) is 0 Å². The van der Waals surface area contributed by atoms with Crippen LogP contribution < -0.4 is 9.62 Å². The van der Waals surface area contributed by atoms with Gasteiger partial charge in [0.2, 0.25) is 0 Å². The minimum Gasteiger partial charge on any atom is -0.455 e. The Morgan fingerprint density at radius 1 is 1.05 bits per heavy atom. The van der Waals surface area contributed by atoms with E-state index in [1.165, 1.54) is 24.3 Å². The Labute approximate surface area is 252 Å². The number of aryl methyl sites for hydroxylation is 1. The van der Waals surface area contributed by atoms with Gasteiger partial charge in [-0.05, 0) is 73.0 Å². The summed E-state index contributed by atoms with van der Waals surface area (Å²) in [5.41, 5.74) is 4.78. The summed E-state index contributed by atoms with van der Waals surface area (Å²) >= 11 is 1.55. The average Bonchev–Trinajstić information content (AvgIpc) is 3.56. The minimum atomic E-state index is -0.375. The lowest BCUT2D eigenvalue weighted by molar-refractivity contribution is 0.0698. The Kier molecular flexibility index (Phi) is 7.64. The molecule has 0 saturated carbocycles. The van der Waals surface area contributed by atoms with E-state index in [0.29, 0.717) is 52.0 Å². The van der Waals surface area contributed by atoms with E-state index in [9.17, 15) is 18.4 Å². The van der Waals surface area contributed by atoms with Crippen molar-refractivity contribution < 1.29 is 22.8 Å². The number of likely N-dealkylation sites (tertiary alicyclic amines) is 1. The molecule has 6 rings (SSSR count). The van der Waals surface area contributed by atoms with E-state index >= 15 is 0 Å². The molecule has 0 spiro atoms. The molecule has 1 saturated heterocycles. The van der Waals surface area contributed by atoms with Gasteiger partial charge >= 0.3 is 0 Å². The van der Waals surface area contributed by atoms with Gasteiger partial charge < -0.3 is 23.5 Å². The molecule has 0 aliphatic carbocycles. The maximum atomic E-state index is 13.9. The third-order valence-corrected chi connectivity index (χ3v) is 9.13. The largest absolute Gasteiger partial charge is 0.455 e. The second-order valence-corrected chi connectivity index (χ2v) is 11.8. The number of aromatic nitrogens is 1. The fraction of sp³-hybridized carbons (Fsp3) is 0.273. The summed E-state index contributed by atoms with van der Waals surface area (Å²) in [4.78, 5) is 28.9. The van der Waals surface area contributed by atoms with Crippen molar-refractivity contribution in [1.29, 1.82) is 0 Å². The number of fused-ring (bicyclic) bond motifs is 2. The number of hydrogen-bond acceptors (Lipinski definition) is 5. The molecular weight excluding hydrogens is 570 g/mol. The zero-order chi connectivity index (χ0) is 30.4. The van der Waals surface area contributed by atoms with Crippen LogP contribution in [0.25, 0.3) is 33.2 Å². The van der Waals surface area contributed by atoms with Crippen LogP contribution in [-0.2, 0) is 7.05 Å². The highest BCUT2D eigenvalue weighted by Gasteiger charge is 2.31. The van der Waals surface area contributed by atoms with Crippen LogP contribution in [-0.4, -0.2) is 54.7 Å². The number of hydrogen-bond donors (Lipinski definition) is 1. The summed E-state index contributed by atoms with van der Waals surface area (Å²) in [5, 5.41) is 4.07. The molecule has 1 aliphatic heterocycles. The lowest BCUT2D eigenvalue weighted by atomic mass is 9.88. The molecule has 1 aliphatic rings. The number of piperidine rings is 1. The van der Waals surface area contributed by atoms with E-state index in [1.807, 2.05) is 46.3 Å². The van der Waals surface area contributed by atoms with Gasteiger partial charge in [-0.3, -0.25) is 9.59 Å². The number of rotatable bonds is 6. The lowest BCUT2D eigenvalue weighted by Gasteiger charge is -2.35. The average molecular weight is 603 g/mol. The van der Waals surface area contributed by atoms with Crippen molar-refractivity contribution in [2.75, 3.05) is 37.7 Å². The van der Waals surface area contributed by atoms with Gasteiger partial charge in [-0.1, -0.05) is 11.9 Å². The molecule has 0 bridgehead atoms. The SMILES string of the molecule is CNC(=O)c1c(-c2ccc(F)cc2)oc2cc(N(C)SC)c([C@H]3CCCN(C(=O)c4cc5cc(F)ccc5n4C)C3)cc12. The highest BCUT2D eigenvalue weighted by Crippen LogP contribution is 2.42. The molecule has 5 aromatic rings. The molecule has 0 unspecified atom stereocenters. The number of nitrogens with one attached hydrogen (secondary N) is 1. The number of halogens is 2. The number of benzene rings is 3. The normalized spacial score (nSPS) is 15.3. The quantitative estimate of drug-likeness (QED) is 0.213. The predicted octanol–water partition coefficient (Wildman–Crippen LogP) is 6.96. The Hall–Kier alpha value is -4.31. The molecule has 7 nitrogen and oxygen atoms in total. The first-order chi connectivity index (χ1) is 20.7. The van der Waals surface area contributed by atoms with Crippen molar-refractivity contribution in [2.45, 2.75) is 18.8 Å². The van der Waals surface area contributed by atoms with Crippen LogP contribution in [0.15, 0.2) is 65.1 Å². The van der Waals surface area contributed by atoms with Gasteiger partial charge in [-0.2, -0.15) is 0 Å². The third-order valence-electron chi connectivity index (χ3n) is 8.38. The Morgan fingerprint density at radius 3 is 2.51 bits per heavy atom. The van der Waals surface area contributed by atoms with Crippen molar-refractivity contribution in [3.63, 3.8) is 0 Å². The lowest BCUT2D eigenvalue weighted by Crippen LogP contribution is -2.40. The van der Waals surface area contributed by atoms with Gasteiger partial charge in [-0.25, -0.2) is 8.78 Å². The van der Waals surface area contributed by atoms with Gasteiger partial charge in [-0.15, -0.1) is 0 Å². The molecule has 2 aromatic heterocycles. The van der Waals surface area contributed by atoms with Crippen molar-refractivity contribution in [2.24, 2.45) is 7.05 Å². The summed E-state index contributed by atoms with van der Waals surface area (Å²) in [5.74, 6) is -0.744. The molecule has 10 heteroatoms. The first kappa shape index (κ1) is 28.8. The summed E-state index contributed by atoms with van der Waals surface area (Å²) in [6.07, 6.45) is 3.66.